The van der Waals surface area contributed by atoms with E-state index in [1.54, 1.807) is 43.4 Å². The van der Waals surface area contributed by atoms with Crippen LogP contribution >= 0.6 is 0 Å². The maximum Gasteiger partial charge on any atom is 0.295 e. The Kier molecular flexibility index (Phi) is 7.15. The van der Waals surface area contributed by atoms with E-state index in [0.29, 0.717) is 30.2 Å². The van der Waals surface area contributed by atoms with Gasteiger partial charge in [-0.1, -0.05) is 38.1 Å². The van der Waals surface area contributed by atoms with Crippen molar-refractivity contribution >= 4 is 28.4 Å². The lowest BCUT2D eigenvalue weighted by Crippen LogP contribution is -2.31. The summed E-state index contributed by atoms with van der Waals surface area (Å²) in [6.07, 6.45) is 2.44. The van der Waals surface area contributed by atoms with Crippen LogP contribution in [0.1, 0.15) is 48.1 Å². The minimum atomic E-state index is -0.715. The second kappa shape index (κ2) is 10.7. The van der Waals surface area contributed by atoms with Crippen molar-refractivity contribution in [3.63, 3.8) is 0 Å². The summed E-state index contributed by atoms with van der Waals surface area (Å²) in [7, 11) is 3.19. The number of likely N-dealkylation sites (tertiary alicyclic amines) is 1. The van der Waals surface area contributed by atoms with E-state index >= 15 is 0 Å². The number of hydrogen-bond donors (Lipinski definition) is 2. The average Bonchev–Trinajstić information content (AvgIpc) is 3.48. The van der Waals surface area contributed by atoms with Crippen LogP contribution in [-0.2, 0) is 16.0 Å². The minimum Gasteiger partial charge on any atom is -0.507 e. The molecule has 1 aliphatic heterocycles. The highest BCUT2D eigenvalue weighted by atomic mass is 16.5. The molecule has 3 aromatic carbocycles. The number of nitrogens with one attached hydrogen (secondary N) is 1. The van der Waals surface area contributed by atoms with Crippen molar-refractivity contribution in [2.75, 3.05) is 20.8 Å². The molecule has 1 atom stereocenters. The SMILES string of the molecule is COc1ccc(/C(O)=C2/C(=O)C(=O)N(CCc3c[nH]c4ccc(OC)cc34)C2c2ccc(C(C)C)cc2)cc1. The summed E-state index contributed by atoms with van der Waals surface area (Å²) < 4.78 is 10.6. The lowest BCUT2D eigenvalue weighted by molar-refractivity contribution is -0.139. The van der Waals surface area contributed by atoms with E-state index in [-0.39, 0.29) is 11.3 Å². The summed E-state index contributed by atoms with van der Waals surface area (Å²) in [5, 5.41) is 12.3. The van der Waals surface area contributed by atoms with Gasteiger partial charge in [-0.15, -0.1) is 0 Å². The van der Waals surface area contributed by atoms with Crippen molar-refractivity contribution in [2.24, 2.45) is 0 Å². The predicted molar refractivity (Wildman–Crippen MR) is 151 cm³/mol. The second-order valence-corrected chi connectivity index (χ2v) is 10.0. The van der Waals surface area contributed by atoms with Crippen molar-refractivity contribution in [1.29, 1.82) is 0 Å². The molecule has 1 aliphatic rings. The number of amides is 1. The number of aliphatic hydroxyl groups excluding tert-OH is 1. The first-order valence-corrected chi connectivity index (χ1v) is 13.0. The number of benzene rings is 3. The third-order valence-corrected chi connectivity index (χ3v) is 7.42. The number of aliphatic hydroxyl groups is 1. The normalized spacial score (nSPS) is 16.8. The fraction of sp³-hybridized carbons (Fsp3) is 0.250. The molecule has 4 aromatic rings. The highest BCUT2D eigenvalue weighted by Crippen LogP contribution is 2.40. The van der Waals surface area contributed by atoms with Crippen LogP contribution in [0.4, 0.5) is 0 Å². The van der Waals surface area contributed by atoms with Gasteiger partial charge in [0.05, 0.1) is 25.8 Å². The zero-order valence-corrected chi connectivity index (χ0v) is 22.5. The van der Waals surface area contributed by atoms with E-state index < -0.39 is 17.7 Å². The van der Waals surface area contributed by atoms with Gasteiger partial charge in [-0.05, 0) is 71.5 Å². The fourth-order valence-electron chi connectivity index (χ4n) is 5.16. The Balaban J connectivity index is 1.55. The van der Waals surface area contributed by atoms with Gasteiger partial charge in [0.2, 0.25) is 0 Å². The lowest BCUT2D eigenvalue weighted by atomic mass is 9.93. The number of ketones is 1. The first-order valence-electron chi connectivity index (χ1n) is 13.0. The number of carbonyl (C=O) groups excluding carboxylic acids is 2. The molecule has 7 heteroatoms. The number of rotatable bonds is 8. The van der Waals surface area contributed by atoms with Gasteiger partial charge in [-0.3, -0.25) is 9.59 Å². The van der Waals surface area contributed by atoms with Gasteiger partial charge in [-0.2, -0.15) is 0 Å². The van der Waals surface area contributed by atoms with E-state index in [1.807, 2.05) is 48.7 Å². The Morgan fingerprint density at radius 2 is 1.62 bits per heavy atom. The number of aromatic nitrogens is 1. The maximum atomic E-state index is 13.4. The second-order valence-electron chi connectivity index (χ2n) is 10.0. The molecule has 39 heavy (non-hydrogen) atoms. The summed E-state index contributed by atoms with van der Waals surface area (Å²) in [5.74, 6) is 0.191. The number of nitrogens with zero attached hydrogens (tertiary/aromatic N) is 1. The molecule has 0 radical (unpaired) electrons. The van der Waals surface area contributed by atoms with Gasteiger partial charge < -0.3 is 24.5 Å². The molecule has 1 saturated heterocycles. The van der Waals surface area contributed by atoms with Gasteiger partial charge in [0.15, 0.2) is 0 Å². The molecule has 1 amide bonds. The Hall–Kier alpha value is -4.52. The van der Waals surface area contributed by atoms with Crippen molar-refractivity contribution in [1.82, 2.24) is 9.88 Å². The molecule has 1 fully saturated rings. The quantitative estimate of drug-likeness (QED) is 0.168. The molecule has 0 aliphatic carbocycles. The van der Waals surface area contributed by atoms with Crippen molar-refractivity contribution in [3.05, 3.63) is 101 Å². The van der Waals surface area contributed by atoms with E-state index in [0.717, 1.165) is 33.3 Å². The summed E-state index contributed by atoms with van der Waals surface area (Å²) >= 11 is 0. The molecular formula is C32H32N2O5. The molecule has 5 rings (SSSR count). The van der Waals surface area contributed by atoms with Crippen molar-refractivity contribution < 1.29 is 24.2 Å². The third-order valence-electron chi connectivity index (χ3n) is 7.42. The van der Waals surface area contributed by atoms with Crippen LogP contribution in [0.5, 0.6) is 11.5 Å². The van der Waals surface area contributed by atoms with E-state index in [4.69, 9.17) is 9.47 Å². The van der Waals surface area contributed by atoms with Crippen molar-refractivity contribution in [3.8, 4) is 11.5 Å². The molecule has 0 bridgehead atoms. The smallest absolute Gasteiger partial charge is 0.295 e. The Morgan fingerprint density at radius 3 is 2.26 bits per heavy atom. The van der Waals surface area contributed by atoms with E-state index in [1.165, 1.54) is 0 Å². The van der Waals surface area contributed by atoms with Crippen LogP contribution in [0.15, 0.2) is 78.5 Å². The van der Waals surface area contributed by atoms with Crippen LogP contribution < -0.4 is 9.47 Å². The Bertz CT molecular complexity index is 1550. The number of carbonyl (C=O) groups is 2. The molecule has 0 saturated carbocycles. The van der Waals surface area contributed by atoms with Gasteiger partial charge in [0.1, 0.15) is 17.3 Å². The first kappa shape index (κ1) is 26.1. The number of Topliss-reactive ketones (excluding diaryl/α,β-unsaturated/α-hetero) is 1. The van der Waals surface area contributed by atoms with E-state index in [9.17, 15) is 14.7 Å². The largest absolute Gasteiger partial charge is 0.507 e. The van der Waals surface area contributed by atoms with Crippen LogP contribution in [0, 0.1) is 0 Å². The molecular weight excluding hydrogens is 492 g/mol. The zero-order valence-electron chi connectivity index (χ0n) is 22.5. The standard InChI is InChI=1S/C32H32N2O5/c1-19(2)20-5-7-21(8-6-20)29-28(30(35)22-9-11-24(38-3)12-10-22)31(36)32(37)34(29)16-15-23-18-33-27-14-13-25(39-4)17-26(23)27/h5-14,17-19,29,33,35H,15-16H2,1-4H3/b30-28-. The number of hydrogen-bond acceptors (Lipinski definition) is 5. The lowest BCUT2D eigenvalue weighted by Gasteiger charge is -2.25. The van der Waals surface area contributed by atoms with Gasteiger partial charge in [-0.25, -0.2) is 0 Å². The van der Waals surface area contributed by atoms with Crippen LogP contribution in [0.2, 0.25) is 0 Å². The number of ether oxygens (including phenoxy) is 2. The summed E-state index contributed by atoms with van der Waals surface area (Å²) in [6.45, 7) is 4.52. The molecule has 2 N–H and O–H groups in total. The summed E-state index contributed by atoms with van der Waals surface area (Å²) in [6, 6.07) is 19.8. The number of aromatic amines is 1. The van der Waals surface area contributed by atoms with E-state index in [2.05, 4.69) is 18.8 Å². The van der Waals surface area contributed by atoms with Gasteiger partial charge in [0.25, 0.3) is 11.7 Å². The van der Waals surface area contributed by atoms with Crippen LogP contribution in [0.25, 0.3) is 16.7 Å². The highest BCUT2D eigenvalue weighted by molar-refractivity contribution is 6.46. The minimum absolute atomic E-state index is 0.0862. The van der Waals surface area contributed by atoms with Gasteiger partial charge in [0, 0.05) is 29.2 Å². The van der Waals surface area contributed by atoms with Crippen molar-refractivity contribution in [2.45, 2.75) is 32.2 Å². The monoisotopic (exact) mass is 524 g/mol. The maximum absolute atomic E-state index is 13.4. The Labute approximate surface area is 227 Å². The Morgan fingerprint density at radius 1 is 0.949 bits per heavy atom. The fourth-order valence-corrected chi connectivity index (χ4v) is 5.16. The summed E-state index contributed by atoms with van der Waals surface area (Å²) in [4.78, 5) is 31.7. The molecule has 2 heterocycles. The third kappa shape index (κ3) is 4.88. The highest BCUT2D eigenvalue weighted by Gasteiger charge is 2.45. The molecule has 0 spiro atoms. The molecule has 7 nitrogen and oxygen atoms in total. The predicted octanol–water partition coefficient (Wildman–Crippen LogP) is 5.97. The first-order chi connectivity index (χ1) is 18.8. The number of H-pyrrole nitrogens is 1. The number of methoxy groups -OCH3 is 2. The average molecular weight is 525 g/mol. The van der Waals surface area contributed by atoms with Crippen LogP contribution in [-0.4, -0.2) is 47.4 Å². The molecule has 1 aromatic heterocycles. The number of fused-ring (bicyclic) bond motifs is 1. The van der Waals surface area contributed by atoms with Crippen LogP contribution in [0.3, 0.4) is 0 Å². The topological polar surface area (TPSA) is 91.9 Å². The summed E-state index contributed by atoms with van der Waals surface area (Å²) in [5.41, 5.74) is 4.43. The molecule has 200 valence electrons. The van der Waals surface area contributed by atoms with Gasteiger partial charge >= 0.3 is 0 Å². The molecule has 1 unspecified atom stereocenters. The zero-order chi connectivity index (χ0) is 27.7.